The lowest BCUT2D eigenvalue weighted by Crippen LogP contribution is -2.40. The van der Waals surface area contributed by atoms with E-state index in [1.54, 1.807) is 26.0 Å². The molecule has 2 heterocycles. The zero-order chi connectivity index (χ0) is 25.3. The van der Waals surface area contributed by atoms with Crippen molar-refractivity contribution in [2.24, 2.45) is 0 Å². The third-order valence-corrected chi connectivity index (χ3v) is 6.72. The summed E-state index contributed by atoms with van der Waals surface area (Å²) in [5, 5.41) is 6.74. The van der Waals surface area contributed by atoms with E-state index in [9.17, 15) is 18.0 Å². The number of nitrogens with zero attached hydrogens (tertiary/aromatic N) is 2. The SMILES string of the molecule is Bc1cc(N[C@H](C)c2cccc(C(F)F)c2F)c2cc([C@]3(OC)CCN(C(=O)NC)C3)ccc2n1. The van der Waals surface area contributed by atoms with Crippen LogP contribution in [0.5, 0.6) is 0 Å². The summed E-state index contributed by atoms with van der Waals surface area (Å²) in [6.07, 6.45) is -2.26. The van der Waals surface area contributed by atoms with E-state index < -0.39 is 29.4 Å². The molecule has 1 aromatic heterocycles. The molecule has 1 fully saturated rings. The van der Waals surface area contributed by atoms with Gasteiger partial charge in [0.1, 0.15) is 11.4 Å². The van der Waals surface area contributed by atoms with Crippen LogP contribution in [-0.2, 0) is 10.3 Å². The number of carbonyl (C=O) groups is 1. The Morgan fingerprint density at radius 1 is 1.23 bits per heavy atom. The Hall–Kier alpha value is -3.27. The second kappa shape index (κ2) is 9.77. The number of ether oxygens (including phenoxy) is 1. The number of methoxy groups -OCH3 is 1. The Labute approximate surface area is 203 Å². The number of halogens is 3. The van der Waals surface area contributed by atoms with Crippen LogP contribution in [0.15, 0.2) is 42.5 Å². The topological polar surface area (TPSA) is 66.5 Å². The lowest BCUT2D eigenvalue weighted by Gasteiger charge is -2.29. The van der Waals surface area contributed by atoms with Crippen molar-refractivity contribution in [3.05, 3.63) is 65.0 Å². The van der Waals surface area contributed by atoms with Crippen molar-refractivity contribution in [1.82, 2.24) is 15.2 Å². The summed E-state index contributed by atoms with van der Waals surface area (Å²) < 4.78 is 47.1. The zero-order valence-corrected chi connectivity index (χ0v) is 20.2. The Morgan fingerprint density at radius 3 is 2.66 bits per heavy atom. The minimum Gasteiger partial charge on any atom is -0.378 e. The van der Waals surface area contributed by atoms with Gasteiger partial charge in [0, 0.05) is 43.8 Å². The van der Waals surface area contributed by atoms with Crippen LogP contribution in [-0.4, -0.2) is 51.0 Å². The highest BCUT2D eigenvalue weighted by atomic mass is 19.3. The van der Waals surface area contributed by atoms with Gasteiger partial charge in [-0.1, -0.05) is 24.3 Å². The lowest BCUT2D eigenvalue weighted by atomic mass is 9.90. The van der Waals surface area contributed by atoms with Crippen LogP contribution in [0.4, 0.5) is 23.7 Å². The second-order valence-electron chi connectivity index (χ2n) is 8.89. The van der Waals surface area contributed by atoms with E-state index >= 15 is 0 Å². The number of carbonyl (C=O) groups excluding carboxylic acids is 1. The molecule has 2 N–H and O–H groups in total. The molecular formula is C25H28BF3N4O2. The predicted molar refractivity (Wildman–Crippen MR) is 133 cm³/mol. The van der Waals surface area contributed by atoms with E-state index in [-0.39, 0.29) is 11.6 Å². The molecule has 0 bridgehead atoms. The van der Waals surface area contributed by atoms with Crippen LogP contribution in [0.3, 0.4) is 0 Å². The van der Waals surface area contributed by atoms with Gasteiger partial charge >= 0.3 is 6.03 Å². The van der Waals surface area contributed by atoms with Crippen LogP contribution < -0.4 is 16.2 Å². The molecule has 35 heavy (non-hydrogen) atoms. The van der Waals surface area contributed by atoms with Crippen LogP contribution in [0.25, 0.3) is 10.9 Å². The van der Waals surface area contributed by atoms with Gasteiger partial charge < -0.3 is 20.3 Å². The van der Waals surface area contributed by atoms with Gasteiger partial charge in [-0.25, -0.2) is 18.0 Å². The summed E-state index contributed by atoms with van der Waals surface area (Å²) in [6, 6.07) is 11.0. The van der Waals surface area contributed by atoms with E-state index in [2.05, 4.69) is 15.6 Å². The maximum absolute atomic E-state index is 14.8. The predicted octanol–water partition coefficient (Wildman–Crippen LogP) is 3.63. The van der Waals surface area contributed by atoms with Crippen LogP contribution >= 0.6 is 0 Å². The zero-order valence-electron chi connectivity index (χ0n) is 20.2. The minimum absolute atomic E-state index is 0.159. The van der Waals surface area contributed by atoms with Crippen LogP contribution in [0.2, 0.25) is 0 Å². The smallest absolute Gasteiger partial charge is 0.317 e. The number of rotatable bonds is 6. The molecule has 6 nitrogen and oxygen atoms in total. The normalized spacial score (nSPS) is 18.8. The van der Waals surface area contributed by atoms with E-state index in [1.807, 2.05) is 32.1 Å². The van der Waals surface area contributed by atoms with Gasteiger partial charge in [-0.3, -0.25) is 4.98 Å². The number of pyridine rings is 1. The lowest BCUT2D eigenvalue weighted by molar-refractivity contribution is -0.00305. The third-order valence-electron chi connectivity index (χ3n) is 6.72. The van der Waals surface area contributed by atoms with Crippen LogP contribution in [0, 0.1) is 5.82 Å². The average molecular weight is 484 g/mol. The van der Waals surface area contributed by atoms with Crippen molar-refractivity contribution in [3.8, 4) is 0 Å². The Morgan fingerprint density at radius 2 is 1.97 bits per heavy atom. The summed E-state index contributed by atoms with van der Waals surface area (Å²) >= 11 is 0. The Balaban J connectivity index is 1.72. The highest BCUT2D eigenvalue weighted by molar-refractivity contribution is 6.31. The molecule has 0 unspecified atom stereocenters. The Bertz CT molecular complexity index is 1260. The highest BCUT2D eigenvalue weighted by Gasteiger charge is 2.41. The summed E-state index contributed by atoms with van der Waals surface area (Å²) in [4.78, 5) is 18.5. The van der Waals surface area contributed by atoms with E-state index in [0.717, 1.165) is 28.1 Å². The maximum atomic E-state index is 14.8. The van der Waals surface area contributed by atoms with Gasteiger partial charge in [0.05, 0.1) is 23.7 Å². The summed E-state index contributed by atoms with van der Waals surface area (Å²) in [7, 11) is 5.08. The quantitative estimate of drug-likeness (QED) is 0.525. The fourth-order valence-electron chi connectivity index (χ4n) is 4.78. The number of aromatic nitrogens is 1. The molecule has 2 aromatic carbocycles. The number of amides is 2. The molecule has 2 amide bonds. The summed E-state index contributed by atoms with van der Waals surface area (Å²) in [5.74, 6) is -0.906. The first kappa shape index (κ1) is 24.8. The number of hydrogen-bond acceptors (Lipinski definition) is 4. The van der Waals surface area contributed by atoms with Crippen molar-refractivity contribution in [2.75, 3.05) is 32.6 Å². The molecule has 3 aromatic rings. The number of urea groups is 1. The first-order valence-electron chi connectivity index (χ1n) is 11.5. The standard InChI is InChI=1S/C25H28BF3N4O2/c1-14(16-5-4-6-17(22(16)27)23(28)29)31-20-12-21(26)32-19-8-7-15(11-18(19)20)25(35-3)9-10-33(13-25)24(34)30-2/h4-8,11-12,14,23H,9-10,13,26H2,1-3H3,(H,30,34)(H,31,32)/t14-,25+/m1/s1. The molecular weight excluding hydrogens is 456 g/mol. The van der Waals surface area contributed by atoms with Crippen LogP contribution in [0.1, 0.15) is 42.5 Å². The molecule has 2 atom stereocenters. The van der Waals surface area contributed by atoms with E-state index in [1.165, 1.54) is 12.1 Å². The molecule has 10 heteroatoms. The number of fused-ring (bicyclic) bond motifs is 1. The van der Waals surface area contributed by atoms with Gasteiger partial charge in [-0.15, -0.1) is 0 Å². The number of benzene rings is 2. The molecule has 1 saturated heterocycles. The van der Waals surface area contributed by atoms with E-state index in [4.69, 9.17) is 4.74 Å². The minimum atomic E-state index is -2.89. The number of alkyl halides is 2. The molecule has 0 saturated carbocycles. The highest BCUT2D eigenvalue weighted by Crippen LogP contribution is 2.38. The number of nitrogens with one attached hydrogen (secondary N) is 2. The van der Waals surface area contributed by atoms with E-state index in [0.29, 0.717) is 25.2 Å². The van der Waals surface area contributed by atoms with Crippen molar-refractivity contribution >= 4 is 36.1 Å². The van der Waals surface area contributed by atoms with Gasteiger partial charge in [0.25, 0.3) is 6.43 Å². The van der Waals surface area contributed by atoms with Gasteiger partial charge in [-0.2, -0.15) is 0 Å². The Kier molecular flexibility index (Phi) is 6.94. The molecule has 0 aliphatic carbocycles. The summed E-state index contributed by atoms with van der Waals surface area (Å²) in [6.45, 7) is 2.69. The van der Waals surface area contributed by atoms with Gasteiger partial charge in [0.2, 0.25) is 0 Å². The number of likely N-dealkylation sites (tertiary alicyclic amines) is 1. The molecule has 0 spiro atoms. The van der Waals surface area contributed by atoms with Crippen molar-refractivity contribution < 1.29 is 22.7 Å². The van der Waals surface area contributed by atoms with Crippen molar-refractivity contribution in [2.45, 2.75) is 31.4 Å². The van der Waals surface area contributed by atoms with Crippen molar-refractivity contribution in [1.29, 1.82) is 0 Å². The fourth-order valence-corrected chi connectivity index (χ4v) is 4.78. The summed E-state index contributed by atoms with van der Waals surface area (Å²) in [5.41, 5.74) is 1.96. The average Bonchev–Trinajstić information content (AvgIpc) is 3.29. The molecule has 1 aliphatic rings. The number of anilines is 1. The fraction of sp³-hybridized carbons (Fsp3) is 0.360. The van der Waals surface area contributed by atoms with Crippen molar-refractivity contribution in [3.63, 3.8) is 0 Å². The second-order valence-corrected chi connectivity index (χ2v) is 8.89. The molecule has 184 valence electrons. The molecule has 1 aliphatic heterocycles. The number of hydrogen-bond donors (Lipinski definition) is 2. The monoisotopic (exact) mass is 484 g/mol. The first-order valence-corrected chi connectivity index (χ1v) is 11.5. The van der Waals surface area contributed by atoms with Gasteiger partial charge in [-0.05, 0) is 36.3 Å². The first-order chi connectivity index (χ1) is 16.7. The largest absolute Gasteiger partial charge is 0.378 e. The maximum Gasteiger partial charge on any atom is 0.317 e. The third kappa shape index (κ3) is 4.67. The molecule has 0 radical (unpaired) electrons. The van der Waals surface area contributed by atoms with Gasteiger partial charge in [0.15, 0.2) is 7.85 Å². The molecule has 4 rings (SSSR count).